The molecule has 2 aromatic rings. The summed E-state index contributed by atoms with van der Waals surface area (Å²) in [5.41, 5.74) is 0.932. The number of hydrogen-bond acceptors (Lipinski definition) is 5. The van der Waals surface area contributed by atoms with Crippen molar-refractivity contribution in [3.05, 3.63) is 35.2 Å². The van der Waals surface area contributed by atoms with Gasteiger partial charge in [0.15, 0.2) is 11.5 Å². The second-order valence-electron chi connectivity index (χ2n) is 5.22. The molecule has 0 radical (unpaired) electrons. The molecule has 9 heteroatoms. The van der Waals surface area contributed by atoms with Gasteiger partial charge in [-0.3, -0.25) is 0 Å². The monoisotopic (exact) mass is 373 g/mol. The molecule has 2 rings (SSSR count). The fourth-order valence-corrected chi connectivity index (χ4v) is 3.71. The van der Waals surface area contributed by atoms with E-state index in [2.05, 4.69) is 4.98 Å². The Morgan fingerprint density at radius 3 is 2.46 bits per heavy atom. The summed E-state index contributed by atoms with van der Waals surface area (Å²) in [7, 11) is 2.52. The number of methoxy groups -OCH3 is 2. The molecule has 0 aliphatic rings. The molecule has 0 aliphatic heterocycles. The molecule has 0 spiro atoms. The topological polar surface area (TPSA) is 73.7 Å². The lowest BCUT2D eigenvalue weighted by atomic mass is 10.1. The van der Waals surface area contributed by atoms with E-state index in [1.807, 2.05) is 12.1 Å². The molecule has 0 fully saturated rings. The first-order valence-electron chi connectivity index (χ1n) is 7.15. The lowest BCUT2D eigenvalue weighted by molar-refractivity contribution is 0.354. The minimum absolute atomic E-state index is 0.0907. The number of nitrogens with zero attached hydrogens (tertiary/aromatic N) is 3. The van der Waals surface area contributed by atoms with Gasteiger partial charge in [0, 0.05) is 20.6 Å². The highest BCUT2D eigenvalue weighted by molar-refractivity contribution is 7.89. The second kappa shape index (κ2) is 7.42. The molecular formula is C15H20ClN3O4S. The van der Waals surface area contributed by atoms with Crippen LogP contribution in [0.1, 0.15) is 5.56 Å². The summed E-state index contributed by atoms with van der Waals surface area (Å²) in [6.45, 7) is 0.282. The van der Waals surface area contributed by atoms with Gasteiger partial charge >= 0.3 is 0 Å². The second-order valence-corrected chi connectivity index (χ2v) is 7.54. The minimum Gasteiger partial charge on any atom is -0.493 e. The molecule has 0 aliphatic carbocycles. The Kier molecular flexibility index (Phi) is 5.74. The number of rotatable bonds is 7. The Bertz CT molecular complexity index is 820. The minimum atomic E-state index is -3.73. The zero-order valence-electron chi connectivity index (χ0n) is 14.0. The molecule has 24 heavy (non-hydrogen) atoms. The zero-order chi connectivity index (χ0) is 17.9. The number of hydrogen-bond donors (Lipinski definition) is 0. The molecule has 1 heterocycles. The predicted octanol–water partition coefficient (Wildman–Crippen LogP) is 1.95. The van der Waals surface area contributed by atoms with E-state index in [-0.39, 0.29) is 16.7 Å². The van der Waals surface area contributed by atoms with Crippen LogP contribution in [-0.2, 0) is 23.5 Å². The van der Waals surface area contributed by atoms with Gasteiger partial charge in [-0.15, -0.1) is 0 Å². The summed E-state index contributed by atoms with van der Waals surface area (Å²) < 4.78 is 38.2. The van der Waals surface area contributed by atoms with Gasteiger partial charge in [-0.2, -0.15) is 4.31 Å². The van der Waals surface area contributed by atoms with Crippen LogP contribution < -0.4 is 9.47 Å². The fraction of sp³-hybridized carbons (Fsp3) is 0.400. The maximum absolute atomic E-state index is 12.5. The van der Waals surface area contributed by atoms with E-state index in [1.165, 1.54) is 22.2 Å². The highest BCUT2D eigenvalue weighted by Crippen LogP contribution is 2.28. The maximum atomic E-state index is 12.5. The van der Waals surface area contributed by atoms with Crippen molar-refractivity contribution in [3.63, 3.8) is 0 Å². The van der Waals surface area contributed by atoms with Crippen molar-refractivity contribution in [2.24, 2.45) is 7.05 Å². The van der Waals surface area contributed by atoms with Crippen LogP contribution in [0.15, 0.2) is 29.6 Å². The standard InChI is InChI=1S/C15H20ClN3O4S/c1-18-10-17-15(14(18)16)24(20,21)19(2)8-7-11-5-6-12(22-3)13(9-11)23-4/h5-6,9-10H,7-8H2,1-4H3. The van der Waals surface area contributed by atoms with Crippen molar-refractivity contribution in [2.75, 3.05) is 27.8 Å². The van der Waals surface area contributed by atoms with Crippen LogP contribution in [0.5, 0.6) is 11.5 Å². The number of benzene rings is 1. The third-order valence-electron chi connectivity index (χ3n) is 3.65. The van der Waals surface area contributed by atoms with Crippen LogP contribution in [0.3, 0.4) is 0 Å². The summed E-state index contributed by atoms with van der Waals surface area (Å²) >= 11 is 5.99. The third-order valence-corrected chi connectivity index (χ3v) is 6.00. The number of aromatic nitrogens is 2. The summed E-state index contributed by atoms with van der Waals surface area (Å²) in [6.07, 6.45) is 1.89. The highest BCUT2D eigenvalue weighted by Gasteiger charge is 2.27. The number of likely N-dealkylation sites (N-methyl/N-ethyl adjacent to an activating group) is 1. The Hall–Kier alpha value is -1.77. The molecule has 1 aromatic carbocycles. The van der Waals surface area contributed by atoms with Gasteiger partial charge in [-0.1, -0.05) is 17.7 Å². The van der Waals surface area contributed by atoms with E-state index in [9.17, 15) is 8.42 Å². The van der Waals surface area contributed by atoms with E-state index in [0.29, 0.717) is 17.9 Å². The number of sulfonamides is 1. The Morgan fingerprint density at radius 2 is 1.92 bits per heavy atom. The van der Waals surface area contributed by atoms with Gasteiger partial charge < -0.3 is 14.0 Å². The summed E-state index contributed by atoms with van der Waals surface area (Å²) in [5.74, 6) is 1.23. The van der Waals surface area contributed by atoms with Crippen LogP contribution in [-0.4, -0.2) is 50.1 Å². The van der Waals surface area contributed by atoms with E-state index >= 15 is 0 Å². The average Bonchev–Trinajstić information content (AvgIpc) is 2.92. The molecule has 1 aromatic heterocycles. The maximum Gasteiger partial charge on any atom is 0.263 e. The van der Waals surface area contributed by atoms with Gasteiger partial charge in [0.1, 0.15) is 5.15 Å². The molecule has 0 N–H and O–H groups in total. The SMILES string of the molecule is COc1ccc(CCN(C)S(=O)(=O)c2ncn(C)c2Cl)cc1OC. The summed E-state index contributed by atoms with van der Waals surface area (Å²) in [5, 5.41) is -0.0468. The van der Waals surface area contributed by atoms with Crippen LogP contribution in [0.4, 0.5) is 0 Å². The lowest BCUT2D eigenvalue weighted by Crippen LogP contribution is -2.29. The molecule has 7 nitrogen and oxygen atoms in total. The molecule has 0 unspecified atom stereocenters. The third kappa shape index (κ3) is 3.66. The molecule has 0 saturated heterocycles. The van der Waals surface area contributed by atoms with Gasteiger partial charge in [-0.05, 0) is 24.1 Å². The fourth-order valence-electron chi connectivity index (χ4n) is 2.16. The summed E-state index contributed by atoms with van der Waals surface area (Å²) in [6, 6.07) is 5.49. The Labute approximate surface area is 146 Å². The van der Waals surface area contributed by atoms with E-state index in [1.54, 1.807) is 27.3 Å². The summed E-state index contributed by atoms with van der Waals surface area (Å²) in [4.78, 5) is 3.88. The van der Waals surface area contributed by atoms with Crippen molar-refractivity contribution in [1.82, 2.24) is 13.9 Å². The van der Waals surface area contributed by atoms with E-state index in [0.717, 1.165) is 5.56 Å². The Balaban J connectivity index is 2.13. The van der Waals surface area contributed by atoms with Crippen molar-refractivity contribution in [2.45, 2.75) is 11.4 Å². The number of ether oxygens (including phenoxy) is 2. The quantitative estimate of drug-likeness (QED) is 0.741. The van der Waals surface area contributed by atoms with Gasteiger partial charge in [0.25, 0.3) is 10.0 Å². The van der Waals surface area contributed by atoms with Crippen LogP contribution in [0.2, 0.25) is 5.15 Å². The van der Waals surface area contributed by atoms with Crippen molar-refractivity contribution < 1.29 is 17.9 Å². The predicted molar refractivity (Wildman–Crippen MR) is 91.3 cm³/mol. The number of halogens is 1. The highest BCUT2D eigenvalue weighted by atomic mass is 35.5. The van der Waals surface area contributed by atoms with Gasteiger partial charge in [0.05, 0.1) is 20.5 Å². The van der Waals surface area contributed by atoms with Gasteiger partial charge in [0.2, 0.25) is 5.03 Å². The molecule has 0 bridgehead atoms. The number of aryl methyl sites for hydroxylation is 1. The molecule has 0 atom stereocenters. The molecule has 0 saturated carbocycles. The van der Waals surface area contributed by atoms with Crippen LogP contribution in [0, 0.1) is 0 Å². The molecular weight excluding hydrogens is 354 g/mol. The van der Waals surface area contributed by atoms with Gasteiger partial charge in [-0.25, -0.2) is 13.4 Å². The van der Waals surface area contributed by atoms with E-state index in [4.69, 9.17) is 21.1 Å². The van der Waals surface area contributed by atoms with Crippen LogP contribution in [0.25, 0.3) is 0 Å². The smallest absolute Gasteiger partial charge is 0.263 e. The lowest BCUT2D eigenvalue weighted by Gasteiger charge is -2.16. The molecule has 0 amide bonds. The van der Waals surface area contributed by atoms with E-state index < -0.39 is 10.0 Å². The van der Waals surface area contributed by atoms with Crippen molar-refractivity contribution in [1.29, 1.82) is 0 Å². The first kappa shape index (κ1) is 18.6. The normalized spacial score (nSPS) is 11.8. The zero-order valence-corrected chi connectivity index (χ0v) is 15.6. The van der Waals surface area contributed by atoms with Crippen LogP contribution >= 0.6 is 11.6 Å². The largest absolute Gasteiger partial charge is 0.493 e. The average molecular weight is 374 g/mol. The molecule has 132 valence electrons. The Morgan fingerprint density at radius 1 is 1.25 bits per heavy atom. The first-order chi connectivity index (χ1) is 11.3. The van der Waals surface area contributed by atoms with Crippen molar-refractivity contribution >= 4 is 21.6 Å². The first-order valence-corrected chi connectivity index (χ1v) is 8.97. The van der Waals surface area contributed by atoms with Crippen molar-refractivity contribution in [3.8, 4) is 11.5 Å². The number of imidazole rings is 1.